The number of benzene rings is 1. The van der Waals surface area contributed by atoms with Gasteiger partial charge in [0.25, 0.3) is 0 Å². The molecule has 1 aliphatic heterocycles. The summed E-state index contributed by atoms with van der Waals surface area (Å²) in [5.74, 6) is 1.16. The molecule has 0 saturated carbocycles. The molecule has 1 aromatic rings. The molecule has 0 bridgehead atoms. The average molecular weight is 343 g/mol. The number of aliphatic hydroxyl groups excluding tert-OH is 1. The fourth-order valence-corrected chi connectivity index (χ4v) is 3.59. The number of halogens is 1. The van der Waals surface area contributed by atoms with Crippen molar-refractivity contribution < 1.29 is 14.6 Å². The molecule has 0 aliphatic carbocycles. The molecule has 2 rings (SSSR count). The van der Waals surface area contributed by atoms with E-state index in [0.29, 0.717) is 16.5 Å². The number of ether oxygens (including phenoxy) is 2. The first-order valence-corrected chi connectivity index (χ1v) is 8.30. The molecule has 1 atom stereocenters. The normalized spacial score (nSPS) is 17.8. The third-order valence-corrected chi connectivity index (χ3v) is 4.86. The van der Waals surface area contributed by atoms with Gasteiger partial charge in [-0.1, -0.05) is 31.5 Å². The van der Waals surface area contributed by atoms with E-state index in [4.69, 9.17) is 21.1 Å². The standard InChI is InChI=1S/C17H27ClN2O3/c1-17(2,11-21)16(20-9-7-19-8-10-20)12-5-6-13(22-3)15(23-4)14(12)18/h5-6,16,19,21H,7-11H2,1-4H3/t16-/m0/s1. The molecule has 1 aliphatic rings. The molecule has 1 aromatic carbocycles. The van der Waals surface area contributed by atoms with Crippen LogP contribution in [0.3, 0.4) is 0 Å². The number of piperazine rings is 1. The molecule has 0 unspecified atom stereocenters. The van der Waals surface area contributed by atoms with Crippen molar-refractivity contribution in [1.29, 1.82) is 0 Å². The van der Waals surface area contributed by atoms with Gasteiger partial charge in [0.2, 0.25) is 0 Å². The van der Waals surface area contributed by atoms with Crippen LogP contribution in [0.4, 0.5) is 0 Å². The van der Waals surface area contributed by atoms with Crippen LogP contribution in [0.2, 0.25) is 5.02 Å². The van der Waals surface area contributed by atoms with E-state index in [1.54, 1.807) is 14.2 Å². The highest BCUT2D eigenvalue weighted by molar-refractivity contribution is 6.33. The van der Waals surface area contributed by atoms with Crippen molar-refractivity contribution in [1.82, 2.24) is 10.2 Å². The summed E-state index contributed by atoms with van der Waals surface area (Å²) in [6, 6.07) is 3.86. The molecule has 1 saturated heterocycles. The van der Waals surface area contributed by atoms with Crippen LogP contribution >= 0.6 is 11.6 Å². The number of aliphatic hydroxyl groups is 1. The molecule has 1 heterocycles. The molecule has 2 N–H and O–H groups in total. The maximum Gasteiger partial charge on any atom is 0.179 e. The largest absolute Gasteiger partial charge is 0.493 e. The summed E-state index contributed by atoms with van der Waals surface area (Å²) >= 11 is 6.64. The minimum atomic E-state index is -0.333. The van der Waals surface area contributed by atoms with Gasteiger partial charge >= 0.3 is 0 Å². The zero-order valence-corrected chi connectivity index (χ0v) is 15.1. The first kappa shape index (κ1) is 18.3. The van der Waals surface area contributed by atoms with E-state index in [2.05, 4.69) is 24.1 Å². The molecule has 130 valence electrons. The Kier molecular flexibility index (Phi) is 6.14. The number of hydrogen-bond acceptors (Lipinski definition) is 5. The number of hydrogen-bond donors (Lipinski definition) is 2. The summed E-state index contributed by atoms with van der Waals surface area (Å²) in [6.45, 7) is 7.90. The Labute approximate surface area is 143 Å². The third kappa shape index (κ3) is 3.74. The van der Waals surface area contributed by atoms with Gasteiger partial charge in [0.15, 0.2) is 11.5 Å². The Morgan fingerprint density at radius 3 is 2.43 bits per heavy atom. The summed E-state index contributed by atoms with van der Waals surface area (Å²) in [5.41, 5.74) is 0.630. The van der Waals surface area contributed by atoms with Crippen LogP contribution in [0.15, 0.2) is 12.1 Å². The molecule has 1 fully saturated rings. The average Bonchev–Trinajstić information content (AvgIpc) is 2.57. The van der Waals surface area contributed by atoms with Gasteiger partial charge in [0.1, 0.15) is 0 Å². The Hall–Kier alpha value is -1.01. The van der Waals surface area contributed by atoms with Crippen LogP contribution in [0.1, 0.15) is 25.5 Å². The van der Waals surface area contributed by atoms with Crippen LogP contribution in [0.5, 0.6) is 11.5 Å². The molecular weight excluding hydrogens is 316 g/mol. The van der Waals surface area contributed by atoms with E-state index in [0.717, 1.165) is 31.7 Å². The Balaban J connectivity index is 2.51. The predicted octanol–water partition coefficient (Wildman–Crippen LogP) is 2.32. The molecule has 0 spiro atoms. The van der Waals surface area contributed by atoms with Crippen LogP contribution in [0, 0.1) is 5.41 Å². The van der Waals surface area contributed by atoms with Crippen molar-refractivity contribution >= 4 is 11.6 Å². The van der Waals surface area contributed by atoms with E-state index in [1.165, 1.54) is 0 Å². The Morgan fingerprint density at radius 2 is 1.91 bits per heavy atom. The predicted molar refractivity (Wildman–Crippen MR) is 92.6 cm³/mol. The van der Waals surface area contributed by atoms with Gasteiger partial charge in [-0.3, -0.25) is 4.90 Å². The molecule has 0 aromatic heterocycles. The highest BCUT2D eigenvalue weighted by Crippen LogP contribution is 2.46. The van der Waals surface area contributed by atoms with Gasteiger partial charge in [-0.25, -0.2) is 0 Å². The topological polar surface area (TPSA) is 54.0 Å². The molecule has 5 nitrogen and oxygen atoms in total. The van der Waals surface area contributed by atoms with E-state index >= 15 is 0 Å². The molecule has 0 radical (unpaired) electrons. The number of methoxy groups -OCH3 is 2. The fraction of sp³-hybridized carbons (Fsp3) is 0.647. The highest BCUT2D eigenvalue weighted by atomic mass is 35.5. The van der Waals surface area contributed by atoms with Crippen molar-refractivity contribution in [2.24, 2.45) is 5.41 Å². The number of nitrogens with zero attached hydrogens (tertiary/aromatic N) is 1. The minimum Gasteiger partial charge on any atom is -0.493 e. The minimum absolute atomic E-state index is 0.00176. The van der Waals surface area contributed by atoms with Crippen molar-refractivity contribution in [3.8, 4) is 11.5 Å². The van der Waals surface area contributed by atoms with Crippen molar-refractivity contribution in [3.63, 3.8) is 0 Å². The van der Waals surface area contributed by atoms with Crippen LogP contribution in [0.25, 0.3) is 0 Å². The van der Waals surface area contributed by atoms with E-state index in [9.17, 15) is 5.11 Å². The lowest BCUT2D eigenvalue weighted by Crippen LogP contribution is -2.49. The number of rotatable bonds is 6. The summed E-state index contributed by atoms with van der Waals surface area (Å²) in [7, 11) is 3.18. The second-order valence-corrected chi connectivity index (χ2v) is 6.92. The van der Waals surface area contributed by atoms with Gasteiger partial charge < -0.3 is 19.9 Å². The monoisotopic (exact) mass is 342 g/mol. The second-order valence-electron chi connectivity index (χ2n) is 6.54. The molecule has 23 heavy (non-hydrogen) atoms. The lowest BCUT2D eigenvalue weighted by Gasteiger charge is -2.44. The van der Waals surface area contributed by atoms with Crippen molar-refractivity contribution in [2.75, 3.05) is 47.0 Å². The smallest absolute Gasteiger partial charge is 0.179 e. The maximum atomic E-state index is 9.93. The van der Waals surface area contributed by atoms with Crippen LogP contribution in [-0.4, -0.2) is 57.0 Å². The highest BCUT2D eigenvalue weighted by Gasteiger charge is 2.37. The summed E-state index contributed by atoms with van der Waals surface area (Å²) in [6.07, 6.45) is 0. The van der Waals surface area contributed by atoms with Crippen molar-refractivity contribution in [3.05, 3.63) is 22.7 Å². The van der Waals surface area contributed by atoms with E-state index in [-0.39, 0.29) is 18.1 Å². The Morgan fingerprint density at radius 1 is 1.26 bits per heavy atom. The zero-order chi connectivity index (χ0) is 17.0. The first-order valence-electron chi connectivity index (χ1n) is 7.92. The Bertz CT molecular complexity index is 531. The van der Waals surface area contributed by atoms with E-state index < -0.39 is 0 Å². The van der Waals surface area contributed by atoms with Gasteiger partial charge in [-0.05, 0) is 11.6 Å². The fourth-order valence-electron chi connectivity index (χ4n) is 3.25. The lowest BCUT2D eigenvalue weighted by molar-refractivity contribution is 0.0304. The summed E-state index contributed by atoms with van der Waals surface area (Å²) in [4.78, 5) is 2.37. The SMILES string of the molecule is COc1ccc([C@H](N2CCNCC2)C(C)(C)CO)c(Cl)c1OC. The van der Waals surface area contributed by atoms with Crippen molar-refractivity contribution in [2.45, 2.75) is 19.9 Å². The molecule has 0 amide bonds. The van der Waals surface area contributed by atoms with E-state index in [1.807, 2.05) is 12.1 Å². The molecular formula is C17H27ClN2O3. The van der Waals surface area contributed by atoms with Gasteiger partial charge in [0, 0.05) is 44.2 Å². The summed E-state index contributed by atoms with van der Waals surface area (Å²) in [5, 5.41) is 13.9. The molecule has 6 heteroatoms. The second kappa shape index (κ2) is 7.71. The zero-order valence-electron chi connectivity index (χ0n) is 14.4. The lowest BCUT2D eigenvalue weighted by atomic mass is 9.79. The van der Waals surface area contributed by atoms with Gasteiger partial charge in [-0.2, -0.15) is 0 Å². The first-order chi connectivity index (χ1) is 11.0. The third-order valence-electron chi connectivity index (χ3n) is 4.47. The van der Waals surface area contributed by atoms with Crippen LogP contribution in [-0.2, 0) is 0 Å². The van der Waals surface area contributed by atoms with Crippen LogP contribution < -0.4 is 14.8 Å². The summed E-state index contributed by atoms with van der Waals surface area (Å²) < 4.78 is 10.8. The number of nitrogens with one attached hydrogen (secondary N) is 1. The van der Waals surface area contributed by atoms with Gasteiger partial charge in [0.05, 0.1) is 19.2 Å². The quantitative estimate of drug-likeness (QED) is 0.831. The maximum absolute atomic E-state index is 9.93. The van der Waals surface area contributed by atoms with Gasteiger partial charge in [-0.15, -0.1) is 0 Å².